The summed E-state index contributed by atoms with van der Waals surface area (Å²) in [4.78, 5) is 12.3. The molecule has 1 aliphatic heterocycles. The number of aliphatic hydroxyl groups is 1. The molecule has 1 heterocycles. The Morgan fingerprint density at radius 1 is 1.44 bits per heavy atom. The van der Waals surface area contributed by atoms with Gasteiger partial charge in [-0.25, -0.2) is 0 Å². The molecule has 0 bridgehead atoms. The van der Waals surface area contributed by atoms with Crippen LogP contribution in [0.15, 0.2) is 0 Å². The van der Waals surface area contributed by atoms with Gasteiger partial charge in [0.05, 0.1) is 11.6 Å². The lowest BCUT2D eigenvalue weighted by molar-refractivity contribution is -0.127. The number of carbonyl (C=O) groups excluding carboxylic acids is 1. The van der Waals surface area contributed by atoms with Crippen LogP contribution in [0.4, 0.5) is 0 Å². The molecule has 0 spiro atoms. The highest BCUT2D eigenvalue weighted by molar-refractivity contribution is 5.86. The average molecular weight is 254 g/mol. The van der Waals surface area contributed by atoms with Crippen LogP contribution < -0.4 is 10.6 Å². The fourth-order valence-corrected chi connectivity index (χ4v) is 3.32. The van der Waals surface area contributed by atoms with Crippen molar-refractivity contribution in [1.82, 2.24) is 10.6 Å². The summed E-state index contributed by atoms with van der Waals surface area (Å²) >= 11 is 0. The predicted octanol–water partition coefficient (Wildman–Crippen LogP) is 1.19. The standard InChI is InChI=1S/C14H26N2O2/c1-2-14(7-4-8-16-14)13(18)15-10-11-5-3-6-12(17)9-11/h11-12,16-17H,2-10H2,1H3,(H,15,18). The Labute approximate surface area is 110 Å². The third-order valence-corrected chi connectivity index (χ3v) is 4.59. The zero-order valence-electron chi connectivity index (χ0n) is 11.4. The van der Waals surface area contributed by atoms with Crippen LogP contribution in [0.1, 0.15) is 51.9 Å². The second-order valence-corrected chi connectivity index (χ2v) is 5.86. The maximum Gasteiger partial charge on any atom is 0.240 e. The number of rotatable bonds is 4. The quantitative estimate of drug-likeness (QED) is 0.706. The highest BCUT2D eigenvalue weighted by Gasteiger charge is 2.39. The molecule has 0 aromatic rings. The Hall–Kier alpha value is -0.610. The summed E-state index contributed by atoms with van der Waals surface area (Å²) in [5.41, 5.74) is -0.326. The van der Waals surface area contributed by atoms with E-state index < -0.39 is 0 Å². The van der Waals surface area contributed by atoms with Crippen molar-refractivity contribution in [2.24, 2.45) is 5.92 Å². The maximum absolute atomic E-state index is 12.3. The Balaban J connectivity index is 1.80. The van der Waals surface area contributed by atoms with Gasteiger partial charge in [-0.05, 0) is 51.0 Å². The Morgan fingerprint density at radius 2 is 2.28 bits per heavy atom. The van der Waals surface area contributed by atoms with E-state index in [1.165, 1.54) is 0 Å². The molecule has 2 aliphatic rings. The van der Waals surface area contributed by atoms with Crippen LogP contribution in [0.5, 0.6) is 0 Å². The molecule has 4 heteroatoms. The third kappa shape index (κ3) is 3.04. The first-order valence-corrected chi connectivity index (χ1v) is 7.37. The molecule has 1 aliphatic carbocycles. The highest BCUT2D eigenvalue weighted by atomic mass is 16.3. The molecule has 104 valence electrons. The van der Waals surface area contributed by atoms with E-state index in [2.05, 4.69) is 17.6 Å². The SMILES string of the molecule is CCC1(C(=O)NCC2CCCC(O)C2)CCCN1. The van der Waals surface area contributed by atoms with E-state index in [-0.39, 0.29) is 17.6 Å². The van der Waals surface area contributed by atoms with E-state index in [0.717, 1.165) is 58.0 Å². The molecule has 18 heavy (non-hydrogen) atoms. The van der Waals surface area contributed by atoms with E-state index in [1.54, 1.807) is 0 Å². The van der Waals surface area contributed by atoms with Gasteiger partial charge in [0.25, 0.3) is 0 Å². The van der Waals surface area contributed by atoms with Crippen LogP contribution in [0, 0.1) is 5.92 Å². The van der Waals surface area contributed by atoms with Crippen LogP contribution >= 0.6 is 0 Å². The summed E-state index contributed by atoms with van der Waals surface area (Å²) in [6, 6.07) is 0. The van der Waals surface area contributed by atoms with Crippen molar-refractivity contribution in [2.75, 3.05) is 13.1 Å². The first-order valence-electron chi connectivity index (χ1n) is 7.37. The van der Waals surface area contributed by atoms with Crippen molar-refractivity contribution in [3.63, 3.8) is 0 Å². The first-order chi connectivity index (χ1) is 8.66. The number of carbonyl (C=O) groups is 1. The first kappa shape index (κ1) is 13.8. The molecule has 3 N–H and O–H groups in total. The van der Waals surface area contributed by atoms with E-state index in [4.69, 9.17) is 0 Å². The fraction of sp³-hybridized carbons (Fsp3) is 0.929. The van der Waals surface area contributed by atoms with Crippen molar-refractivity contribution < 1.29 is 9.90 Å². The van der Waals surface area contributed by atoms with Gasteiger partial charge in [0, 0.05) is 6.54 Å². The monoisotopic (exact) mass is 254 g/mol. The van der Waals surface area contributed by atoms with Gasteiger partial charge in [0.15, 0.2) is 0 Å². The molecule has 2 fully saturated rings. The minimum Gasteiger partial charge on any atom is -0.393 e. The summed E-state index contributed by atoms with van der Waals surface area (Å²) < 4.78 is 0. The normalized spacial score (nSPS) is 36.6. The van der Waals surface area contributed by atoms with Gasteiger partial charge in [-0.15, -0.1) is 0 Å². The number of aliphatic hydroxyl groups excluding tert-OH is 1. The zero-order valence-corrected chi connectivity index (χ0v) is 11.4. The molecule has 4 nitrogen and oxygen atoms in total. The van der Waals surface area contributed by atoms with E-state index in [0.29, 0.717) is 5.92 Å². The molecular formula is C14H26N2O2. The molecule has 1 amide bonds. The van der Waals surface area contributed by atoms with Gasteiger partial charge in [-0.3, -0.25) is 4.79 Å². The predicted molar refractivity (Wildman–Crippen MR) is 71.2 cm³/mol. The largest absolute Gasteiger partial charge is 0.393 e. The average Bonchev–Trinajstić information content (AvgIpc) is 2.86. The van der Waals surface area contributed by atoms with E-state index in [1.807, 2.05) is 0 Å². The zero-order chi connectivity index (χ0) is 13.0. The van der Waals surface area contributed by atoms with Crippen molar-refractivity contribution in [2.45, 2.75) is 63.5 Å². The second-order valence-electron chi connectivity index (χ2n) is 5.86. The van der Waals surface area contributed by atoms with Gasteiger partial charge < -0.3 is 15.7 Å². The molecule has 3 atom stereocenters. The minimum atomic E-state index is -0.326. The lowest BCUT2D eigenvalue weighted by Gasteiger charge is -2.30. The Morgan fingerprint density at radius 3 is 2.89 bits per heavy atom. The second kappa shape index (κ2) is 6.02. The fourth-order valence-electron chi connectivity index (χ4n) is 3.32. The molecule has 0 aromatic heterocycles. The van der Waals surface area contributed by atoms with E-state index >= 15 is 0 Å². The van der Waals surface area contributed by atoms with Gasteiger partial charge >= 0.3 is 0 Å². The van der Waals surface area contributed by atoms with Crippen LogP contribution in [-0.2, 0) is 4.79 Å². The lowest BCUT2D eigenvalue weighted by Crippen LogP contribution is -2.54. The molecule has 0 aromatic carbocycles. The summed E-state index contributed by atoms with van der Waals surface area (Å²) in [5, 5.41) is 16.1. The number of amides is 1. The van der Waals surface area contributed by atoms with Gasteiger partial charge in [0.1, 0.15) is 0 Å². The summed E-state index contributed by atoms with van der Waals surface area (Å²) in [6.07, 6.45) is 6.70. The molecule has 1 saturated carbocycles. The molecule has 1 saturated heterocycles. The summed E-state index contributed by atoms with van der Waals surface area (Å²) in [5.74, 6) is 0.607. The number of nitrogens with one attached hydrogen (secondary N) is 2. The topological polar surface area (TPSA) is 61.4 Å². The minimum absolute atomic E-state index is 0.155. The molecule has 3 unspecified atom stereocenters. The van der Waals surface area contributed by atoms with Crippen molar-refractivity contribution in [3.8, 4) is 0 Å². The lowest BCUT2D eigenvalue weighted by atomic mass is 9.86. The molecule has 0 radical (unpaired) electrons. The van der Waals surface area contributed by atoms with Crippen molar-refractivity contribution in [1.29, 1.82) is 0 Å². The van der Waals surface area contributed by atoms with Crippen LogP contribution in [0.25, 0.3) is 0 Å². The van der Waals surface area contributed by atoms with Gasteiger partial charge in [-0.2, -0.15) is 0 Å². The number of hydrogen-bond donors (Lipinski definition) is 3. The number of hydrogen-bond acceptors (Lipinski definition) is 3. The summed E-state index contributed by atoms with van der Waals surface area (Å²) in [6.45, 7) is 3.74. The van der Waals surface area contributed by atoms with Crippen LogP contribution in [0.3, 0.4) is 0 Å². The Kier molecular flexibility index (Phi) is 4.62. The van der Waals surface area contributed by atoms with Gasteiger partial charge in [-0.1, -0.05) is 13.3 Å². The van der Waals surface area contributed by atoms with Crippen LogP contribution in [-0.4, -0.2) is 35.7 Å². The van der Waals surface area contributed by atoms with Crippen molar-refractivity contribution in [3.05, 3.63) is 0 Å². The highest BCUT2D eigenvalue weighted by Crippen LogP contribution is 2.25. The smallest absolute Gasteiger partial charge is 0.240 e. The summed E-state index contributed by atoms with van der Waals surface area (Å²) in [7, 11) is 0. The Bertz CT molecular complexity index is 288. The molecular weight excluding hydrogens is 228 g/mol. The van der Waals surface area contributed by atoms with Crippen molar-refractivity contribution >= 4 is 5.91 Å². The maximum atomic E-state index is 12.3. The van der Waals surface area contributed by atoms with E-state index in [9.17, 15) is 9.90 Å². The molecule has 2 rings (SSSR count). The third-order valence-electron chi connectivity index (χ3n) is 4.59. The van der Waals surface area contributed by atoms with Gasteiger partial charge in [0.2, 0.25) is 5.91 Å². The van der Waals surface area contributed by atoms with Crippen LogP contribution in [0.2, 0.25) is 0 Å².